The smallest absolute Gasteiger partial charge is 0.143 e. The normalized spacial score (nSPS) is 15.1. The minimum atomic E-state index is -0.493. The lowest BCUT2D eigenvalue weighted by molar-refractivity contribution is 0.493. The van der Waals surface area contributed by atoms with Crippen molar-refractivity contribution in [2.45, 2.75) is 0 Å². The average molecular weight is 604 g/mol. The number of ether oxygens (including phenoxy) is 1. The van der Waals surface area contributed by atoms with E-state index >= 15 is 0 Å². The zero-order valence-corrected chi connectivity index (χ0v) is 24.7. The van der Waals surface area contributed by atoms with Crippen LogP contribution >= 0.6 is 0 Å². The molecule has 1 heteroatoms. The van der Waals surface area contributed by atoms with Gasteiger partial charge < -0.3 is 4.74 Å². The molecule has 47 heavy (non-hydrogen) atoms. The van der Waals surface area contributed by atoms with Gasteiger partial charge in [0.05, 0.1) is 12.3 Å². The summed E-state index contributed by atoms with van der Waals surface area (Å²) in [5, 5.41) is 5.98. The van der Waals surface area contributed by atoms with E-state index in [1.54, 1.807) is 0 Å². The third kappa shape index (κ3) is 3.38. The number of hydrogen-bond donors (Lipinski definition) is 0. The molecule has 0 aliphatic carbocycles. The van der Waals surface area contributed by atoms with Crippen LogP contribution < -0.4 is 4.74 Å². The van der Waals surface area contributed by atoms with Gasteiger partial charge in [0.15, 0.2) is 0 Å². The molecule has 10 aromatic carbocycles. The maximum absolute atomic E-state index is 9.43. The van der Waals surface area contributed by atoms with E-state index in [1.165, 1.54) is 0 Å². The van der Waals surface area contributed by atoms with Crippen LogP contribution in [0.3, 0.4) is 0 Å². The molecule has 1 nitrogen and oxygen atoms in total. The molecule has 0 fully saturated rings. The first kappa shape index (κ1) is 18.1. The molecule has 0 N–H and O–H groups in total. The Morgan fingerprint density at radius 2 is 0.979 bits per heavy atom. The monoisotopic (exact) mass is 603 g/mol. The molecule has 0 unspecified atom stereocenters. The standard InChI is InChI=1S/C46H26O/c1-2-13-32-31(12-1)34(35-22-20-30-19-18-28-8-5-9-29-21-23-38(35)45(30)43(28)29)24-25-36(32)40-26-41-37-16-6-10-27-11-7-17-42(44(27)37)47-46(41)39-15-4-3-14-33(39)40/h1-26H/i5D,8D,9D,18D,19D,20D,21D,22D,23D. The van der Waals surface area contributed by atoms with Gasteiger partial charge >= 0.3 is 0 Å². The lowest BCUT2D eigenvalue weighted by atomic mass is 9.85. The predicted molar refractivity (Wildman–Crippen MR) is 199 cm³/mol. The van der Waals surface area contributed by atoms with E-state index in [0.29, 0.717) is 5.56 Å². The SMILES string of the molecule is [2H]c1c([2H])c2c([2H])c([2H])c3c([2H])c([2H])c(-c4ccc(-c5cc6c(c7ccccc57)Oc5cccc7cccc-6c57)c5ccccc45)c4c([2H])c([2H])c(c1[2H])c2c34. The third-order valence-electron chi connectivity index (χ3n) is 9.66. The highest BCUT2D eigenvalue weighted by Crippen LogP contribution is 2.52. The molecule has 10 aromatic rings. The Labute approximate surface area is 283 Å². The van der Waals surface area contributed by atoms with Gasteiger partial charge in [0, 0.05) is 16.3 Å². The largest absolute Gasteiger partial charge is 0.455 e. The second-order valence-electron chi connectivity index (χ2n) is 12.1. The first-order valence-corrected chi connectivity index (χ1v) is 15.5. The van der Waals surface area contributed by atoms with Crippen LogP contribution in [0.2, 0.25) is 0 Å². The number of rotatable bonds is 2. The minimum absolute atomic E-state index is 0.0402. The van der Waals surface area contributed by atoms with Crippen LogP contribution in [0.5, 0.6) is 11.5 Å². The van der Waals surface area contributed by atoms with Crippen LogP contribution in [-0.4, -0.2) is 0 Å². The highest BCUT2D eigenvalue weighted by molar-refractivity contribution is 6.26. The van der Waals surface area contributed by atoms with E-state index in [0.717, 1.165) is 66.1 Å². The zero-order chi connectivity index (χ0) is 38.5. The van der Waals surface area contributed by atoms with Crippen molar-refractivity contribution in [2.75, 3.05) is 0 Å². The molecule has 0 saturated carbocycles. The summed E-state index contributed by atoms with van der Waals surface area (Å²) < 4.78 is 87.5. The van der Waals surface area contributed by atoms with Gasteiger partial charge in [-0.15, -0.1) is 0 Å². The Morgan fingerprint density at radius 3 is 1.74 bits per heavy atom. The highest BCUT2D eigenvalue weighted by atomic mass is 16.5. The van der Waals surface area contributed by atoms with Crippen molar-refractivity contribution >= 4 is 64.6 Å². The van der Waals surface area contributed by atoms with Gasteiger partial charge in [-0.3, -0.25) is 0 Å². The fourth-order valence-electron chi connectivity index (χ4n) is 7.62. The Balaban J connectivity index is 1.25. The van der Waals surface area contributed by atoms with Crippen LogP contribution in [-0.2, 0) is 0 Å². The molecule has 1 heterocycles. The Bertz CT molecular complexity index is 3420. The molecule has 0 radical (unpaired) electrons. The lowest BCUT2D eigenvalue weighted by Gasteiger charge is -2.24. The topological polar surface area (TPSA) is 9.23 Å². The first-order chi connectivity index (χ1) is 27.1. The molecule has 1 aliphatic heterocycles. The quantitative estimate of drug-likeness (QED) is 0.179. The second-order valence-corrected chi connectivity index (χ2v) is 12.1. The fraction of sp³-hybridized carbons (Fsp3) is 0. The molecule has 0 amide bonds. The molecule has 11 rings (SSSR count). The second kappa shape index (κ2) is 9.19. The fourth-order valence-corrected chi connectivity index (χ4v) is 7.62. The van der Waals surface area contributed by atoms with Crippen molar-refractivity contribution in [3.8, 4) is 44.9 Å². The maximum Gasteiger partial charge on any atom is 0.143 e. The molecule has 0 spiro atoms. The number of fused-ring (bicyclic) bond motifs is 5. The average Bonchev–Trinajstić information content (AvgIpc) is 3.21. The van der Waals surface area contributed by atoms with Gasteiger partial charge in [-0.05, 0) is 93.8 Å². The summed E-state index contributed by atoms with van der Waals surface area (Å²) in [6.45, 7) is 0. The van der Waals surface area contributed by atoms with Crippen LogP contribution in [0.15, 0.2) is 158 Å². The van der Waals surface area contributed by atoms with Gasteiger partial charge in [0.25, 0.3) is 0 Å². The number of hydrogen-bond acceptors (Lipinski definition) is 1. The summed E-state index contributed by atoms with van der Waals surface area (Å²) in [5.74, 6) is 1.60. The lowest BCUT2D eigenvalue weighted by Crippen LogP contribution is -1.99. The Hall–Kier alpha value is -6.18. The molecule has 216 valence electrons. The van der Waals surface area contributed by atoms with Crippen molar-refractivity contribution in [1.29, 1.82) is 0 Å². The van der Waals surface area contributed by atoms with Gasteiger partial charge in [-0.1, -0.05) is 145 Å². The van der Waals surface area contributed by atoms with Crippen LogP contribution in [0.1, 0.15) is 12.3 Å². The van der Waals surface area contributed by atoms with Crippen molar-refractivity contribution < 1.29 is 17.1 Å². The van der Waals surface area contributed by atoms with Gasteiger partial charge in [0.2, 0.25) is 0 Å². The first-order valence-electron chi connectivity index (χ1n) is 20.0. The summed E-state index contributed by atoms with van der Waals surface area (Å²) in [6.07, 6.45) is 0. The highest BCUT2D eigenvalue weighted by Gasteiger charge is 2.24. The van der Waals surface area contributed by atoms with Crippen molar-refractivity contribution in [1.82, 2.24) is 0 Å². The van der Waals surface area contributed by atoms with Gasteiger partial charge in [0.1, 0.15) is 11.5 Å². The summed E-state index contributed by atoms with van der Waals surface area (Å²) >= 11 is 0. The van der Waals surface area contributed by atoms with Crippen LogP contribution in [0, 0.1) is 0 Å². The molecular weight excluding hydrogens is 569 g/mol. The van der Waals surface area contributed by atoms with E-state index in [4.69, 9.17) is 13.0 Å². The summed E-state index contributed by atoms with van der Waals surface area (Å²) in [6, 6.07) is 31.0. The zero-order valence-electron chi connectivity index (χ0n) is 33.7. The van der Waals surface area contributed by atoms with Crippen LogP contribution in [0.4, 0.5) is 0 Å². The molecule has 1 aliphatic rings. The minimum Gasteiger partial charge on any atom is -0.455 e. The third-order valence-corrected chi connectivity index (χ3v) is 9.66. The summed E-state index contributed by atoms with van der Waals surface area (Å²) in [7, 11) is 0. The summed E-state index contributed by atoms with van der Waals surface area (Å²) in [4.78, 5) is 0. The predicted octanol–water partition coefficient (Wildman–Crippen LogP) is 13.2. The van der Waals surface area contributed by atoms with E-state index in [1.807, 2.05) is 60.7 Å². The Kier molecular flexibility index (Phi) is 3.54. The molecule has 0 atom stereocenters. The molecule has 0 aromatic heterocycles. The molecular formula is C46H26O. The molecule has 0 saturated heterocycles. The van der Waals surface area contributed by atoms with Crippen molar-refractivity contribution in [2.24, 2.45) is 0 Å². The van der Waals surface area contributed by atoms with E-state index in [-0.39, 0.29) is 62.1 Å². The van der Waals surface area contributed by atoms with E-state index in [2.05, 4.69) is 42.5 Å². The molecule has 0 bridgehead atoms. The van der Waals surface area contributed by atoms with Crippen molar-refractivity contribution in [3.05, 3.63) is 158 Å². The van der Waals surface area contributed by atoms with Gasteiger partial charge in [-0.25, -0.2) is 0 Å². The van der Waals surface area contributed by atoms with Crippen LogP contribution in [0.25, 0.3) is 98.0 Å². The van der Waals surface area contributed by atoms with Gasteiger partial charge in [-0.2, -0.15) is 0 Å². The maximum atomic E-state index is 9.43. The van der Waals surface area contributed by atoms with E-state index < -0.39 is 30.2 Å². The van der Waals surface area contributed by atoms with E-state index in [9.17, 15) is 4.11 Å². The van der Waals surface area contributed by atoms with Crippen molar-refractivity contribution in [3.63, 3.8) is 0 Å². The summed E-state index contributed by atoms with van der Waals surface area (Å²) in [5.41, 5.74) is 4.71. The Morgan fingerprint density at radius 1 is 0.362 bits per heavy atom. The number of benzene rings is 10.